The number of nitrogens with one attached hydrogen (secondary N) is 1. The van der Waals surface area contributed by atoms with E-state index >= 15 is 0 Å². The molecule has 0 fully saturated rings. The van der Waals surface area contributed by atoms with E-state index in [-0.39, 0.29) is 18.2 Å². The molecule has 0 bridgehead atoms. The highest BCUT2D eigenvalue weighted by Gasteiger charge is 2.16. The van der Waals surface area contributed by atoms with Crippen LogP contribution in [0.4, 0.5) is 5.69 Å². The number of rotatable bonds is 4. The first-order valence-corrected chi connectivity index (χ1v) is 5.86. The van der Waals surface area contributed by atoms with Crippen molar-refractivity contribution in [3.63, 3.8) is 0 Å². The maximum atomic E-state index is 11.9. The zero-order chi connectivity index (χ0) is 13.8. The van der Waals surface area contributed by atoms with Crippen LogP contribution in [-0.2, 0) is 0 Å². The lowest BCUT2D eigenvalue weighted by Gasteiger charge is -2.02. The van der Waals surface area contributed by atoms with Crippen LogP contribution in [0.15, 0.2) is 34.9 Å². The molecule has 6 nitrogen and oxygen atoms in total. The third-order valence-electron chi connectivity index (χ3n) is 2.37. The fraction of sp³-hybridized carbons (Fsp3) is 0.167. The lowest BCUT2D eigenvalue weighted by Crippen LogP contribution is -2.16. The number of benzene rings is 1. The molecule has 19 heavy (non-hydrogen) atoms. The maximum Gasteiger partial charge on any atom is 0.277 e. The monoisotopic (exact) mass is 281 g/mol. The molecule has 1 aromatic heterocycles. The van der Waals surface area contributed by atoms with Gasteiger partial charge in [-0.05, 0) is 24.3 Å². The van der Waals surface area contributed by atoms with Crippen LogP contribution in [0.5, 0.6) is 0 Å². The van der Waals surface area contributed by atoms with E-state index in [1.807, 2.05) is 0 Å². The maximum absolute atomic E-state index is 11.9. The summed E-state index contributed by atoms with van der Waals surface area (Å²) in [6, 6.07) is 5.92. The van der Waals surface area contributed by atoms with Crippen LogP contribution in [0, 0.1) is 0 Å². The van der Waals surface area contributed by atoms with Gasteiger partial charge in [-0.3, -0.25) is 4.79 Å². The van der Waals surface area contributed by atoms with E-state index in [2.05, 4.69) is 10.3 Å². The Morgan fingerprint density at radius 2 is 2.16 bits per heavy atom. The average molecular weight is 282 g/mol. The Hall–Kier alpha value is -1.89. The summed E-state index contributed by atoms with van der Waals surface area (Å²) in [5.41, 5.74) is 6.20. The van der Waals surface area contributed by atoms with Gasteiger partial charge < -0.3 is 20.6 Å². The number of amides is 1. The molecule has 0 saturated carbocycles. The summed E-state index contributed by atoms with van der Waals surface area (Å²) in [7, 11) is 0. The lowest BCUT2D eigenvalue weighted by molar-refractivity contribution is 0.102. The number of aliphatic hydroxyl groups is 1. The Bertz CT molecular complexity index is 568. The Morgan fingerprint density at radius 3 is 2.79 bits per heavy atom. The van der Waals surface area contributed by atoms with E-state index < -0.39 is 11.9 Å². The van der Waals surface area contributed by atoms with Gasteiger partial charge in [0.05, 0.1) is 6.61 Å². The summed E-state index contributed by atoms with van der Waals surface area (Å²) in [4.78, 5) is 15.8. The molecule has 0 aliphatic rings. The molecule has 0 saturated heterocycles. The van der Waals surface area contributed by atoms with Gasteiger partial charge in [-0.2, -0.15) is 0 Å². The highest BCUT2D eigenvalue weighted by Crippen LogP contribution is 2.15. The molecule has 1 aromatic carbocycles. The lowest BCUT2D eigenvalue weighted by atomic mass is 10.3. The quantitative estimate of drug-likeness (QED) is 0.789. The number of hydrogen-bond acceptors (Lipinski definition) is 5. The molecule has 1 atom stereocenters. The van der Waals surface area contributed by atoms with E-state index in [1.165, 1.54) is 6.26 Å². The van der Waals surface area contributed by atoms with Gasteiger partial charge in [-0.25, -0.2) is 4.98 Å². The van der Waals surface area contributed by atoms with Crippen LogP contribution in [0.1, 0.15) is 22.4 Å². The van der Waals surface area contributed by atoms with Gasteiger partial charge in [0.15, 0.2) is 5.69 Å². The van der Waals surface area contributed by atoms with Crippen molar-refractivity contribution in [2.45, 2.75) is 6.04 Å². The topological polar surface area (TPSA) is 101 Å². The van der Waals surface area contributed by atoms with Gasteiger partial charge in [-0.15, -0.1) is 0 Å². The second kappa shape index (κ2) is 5.83. The number of carbonyl (C=O) groups excluding carboxylic acids is 1. The van der Waals surface area contributed by atoms with Crippen LogP contribution in [-0.4, -0.2) is 22.6 Å². The molecular weight excluding hydrogens is 270 g/mol. The molecule has 7 heteroatoms. The molecule has 2 aromatic rings. The average Bonchev–Trinajstić information content (AvgIpc) is 2.90. The molecule has 0 aliphatic heterocycles. The molecule has 2 rings (SSSR count). The van der Waals surface area contributed by atoms with Crippen molar-refractivity contribution in [1.29, 1.82) is 0 Å². The molecule has 1 amide bonds. The standard InChI is InChI=1S/C12H12ClN3O3/c13-7-1-3-8(4-2-7)15-11(18)10-6-19-12(16-10)9(14)5-17/h1-4,6,9,17H,5,14H2,(H,15,18). The number of halogens is 1. The summed E-state index contributed by atoms with van der Waals surface area (Å²) in [5, 5.41) is 12.1. The predicted molar refractivity (Wildman–Crippen MR) is 69.9 cm³/mol. The fourth-order valence-electron chi connectivity index (χ4n) is 1.37. The largest absolute Gasteiger partial charge is 0.446 e. The number of nitrogens with two attached hydrogens (primary N) is 1. The van der Waals surface area contributed by atoms with Gasteiger partial charge in [0.2, 0.25) is 5.89 Å². The van der Waals surface area contributed by atoms with Gasteiger partial charge in [0.25, 0.3) is 5.91 Å². The van der Waals surface area contributed by atoms with Gasteiger partial charge in [0.1, 0.15) is 12.3 Å². The summed E-state index contributed by atoms with van der Waals surface area (Å²) in [6.07, 6.45) is 1.19. The Kier molecular flexibility index (Phi) is 4.16. The Balaban J connectivity index is 2.07. The first-order chi connectivity index (χ1) is 9.10. The van der Waals surface area contributed by atoms with Crippen LogP contribution in [0.2, 0.25) is 5.02 Å². The summed E-state index contributed by atoms with van der Waals surface area (Å²) in [5.74, 6) is -0.314. The SMILES string of the molecule is NC(CO)c1nc(C(=O)Nc2ccc(Cl)cc2)co1. The molecule has 0 spiro atoms. The van der Waals surface area contributed by atoms with E-state index in [1.54, 1.807) is 24.3 Å². The molecular formula is C12H12ClN3O3. The highest BCUT2D eigenvalue weighted by atomic mass is 35.5. The fourth-order valence-corrected chi connectivity index (χ4v) is 1.49. The normalized spacial score (nSPS) is 12.2. The van der Waals surface area contributed by atoms with Crippen molar-refractivity contribution in [3.8, 4) is 0 Å². The molecule has 0 radical (unpaired) electrons. The summed E-state index contributed by atoms with van der Waals surface area (Å²) in [6.45, 7) is -0.307. The molecule has 0 aliphatic carbocycles. The molecule has 4 N–H and O–H groups in total. The molecule has 1 heterocycles. The van der Waals surface area contributed by atoms with E-state index in [9.17, 15) is 4.79 Å². The highest BCUT2D eigenvalue weighted by molar-refractivity contribution is 6.30. The van der Waals surface area contributed by atoms with E-state index in [0.717, 1.165) is 0 Å². The van der Waals surface area contributed by atoms with E-state index in [4.69, 9.17) is 26.9 Å². The minimum Gasteiger partial charge on any atom is -0.446 e. The third kappa shape index (κ3) is 3.31. The first kappa shape index (κ1) is 13.5. The number of nitrogens with zero attached hydrogens (tertiary/aromatic N) is 1. The van der Waals surface area contributed by atoms with Crippen LogP contribution >= 0.6 is 11.6 Å². The van der Waals surface area contributed by atoms with Crippen molar-refractivity contribution in [2.24, 2.45) is 5.73 Å². The number of aliphatic hydroxyl groups excluding tert-OH is 1. The van der Waals surface area contributed by atoms with Crippen molar-refractivity contribution in [1.82, 2.24) is 4.98 Å². The second-order valence-electron chi connectivity index (χ2n) is 3.82. The molecule has 100 valence electrons. The smallest absolute Gasteiger partial charge is 0.277 e. The number of oxazole rings is 1. The number of carbonyl (C=O) groups is 1. The Labute approximate surface area is 114 Å². The zero-order valence-electron chi connectivity index (χ0n) is 9.84. The van der Waals surface area contributed by atoms with E-state index in [0.29, 0.717) is 10.7 Å². The Morgan fingerprint density at radius 1 is 1.47 bits per heavy atom. The number of anilines is 1. The van der Waals surface area contributed by atoms with Crippen molar-refractivity contribution in [2.75, 3.05) is 11.9 Å². The van der Waals surface area contributed by atoms with Gasteiger partial charge >= 0.3 is 0 Å². The van der Waals surface area contributed by atoms with Crippen LogP contribution in [0.25, 0.3) is 0 Å². The third-order valence-corrected chi connectivity index (χ3v) is 2.62. The number of hydrogen-bond donors (Lipinski definition) is 3. The van der Waals surface area contributed by atoms with Crippen molar-refractivity contribution < 1.29 is 14.3 Å². The minimum absolute atomic E-state index is 0.0915. The van der Waals surface area contributed by atoms with Crippen molar-refractivity contribution >= 4 is 23.2 Å². The van der Waals surface area contributed by atoms with Crippen LogP contribution < -0.4 is 11.1 Å². The predicted octanol–water partition coefficient (Wildman–Crippen LogP) is 1.57. The second-order valence-corrected chi connectivity index (χ2v) is 4.26. The zero-order valence-corrected chi connectivity index (χ0v) is 10.6. The van der Waals surface area contributed by atoms with Gasteiger partial charge in [-0.1, -0.05) is 11.6 Å². The minimum atomic E-state index is -0.739. The number of aromatic nitrogens is 1. The summed E-state index contributed by atoms with van der Waals surface area (Å²) < 4.78 is 5.02. The summed E-state index contributed by atoms with van der Waals surface area (Å²) >= 11 is 5.74. The van der Waals surface area contributed by atoms with Crippen molar-refractivity contribution in [3.05, 3.63) is 47.1 Å². The molecule has 1 unspecified atom stereocenters. The van der Waals surface area contributed by atoms with Gasteiger partial charge in [0, 0.05) is 10.7 Å². The van der Waals surface area contributed by atoms with Crippen LogP contribution in [0.3, 0.4) is 0 Å². The first-order valence-electron chi connectivity index (χ1n) is 5.49.